The van der Waals surface area contributed by atoms with E-state index in [2.05, 4.69) is 33.8 Å². The largest absolute Gasteiger partial charge is 0.497 e. The first-order chi connectivity index (χ1) is 12.3. The second-order valence-corrected chi connectivity index (χ2v) is 8.96. The minimum Gasteiger partial charge on any atom is -0.497 e. The predicted molar refractivity (Wildman–Crippen MR) is 104 cm³/mol. The highest BCUT2D eigenvalue weighted by molar-refractivity contribution is 5.89. The van der Waals surface area contributed by atoms with Crippen LogP contribution < -0.4 is 4.74 Å². The Morgan fingerprint density at radius 3 is 2.46 bits per heavy atom. The predicted octanol–water partition coefficient (Wildman–Crippen LogP) is 5.33. The average molecular weight is 357 g/mol. The second-order valence-electron chi connectivity index (χ2n) is 8.96. The third-order valence-electron chi connectivity index (χ3n) is 6.52. The maximum absolute atomic E-state index is 13.4. The van der Waals surface area contributed by atoms with E-state index in [-0.39, 0.29) is 28.6 Å². The third kappa shape index (κ3) is 3.59. The molecule has 26 heavy (non-hydrogen) atoms. The fourth-order valence-electron chi connectivity index (χ4n) is 4.52. The zero-order valence-electron chi connectivity index (χ0n) is 16.8. The molecule has 2 atom stereocenters. The van der Waals surface area contributed by atoms with Crippen molar-refractivity contribution in [3.05, 3.63) is 41.5 Å². The molecule has 2 bridgehead atoms. The first kappa shape index (κ1) is 19.2. The number of benzene rings is 1. The molecule has 1 aromatic carbocycles. The van der Waals surface area contributed by atoms with Gasteiger partial charge < -0.3 is 9.47 Å². The molecule has 0 saturated heterocycles. The number of Topliss-reactive ketones (excluding diaryl/α,β-unsaturated/α-hetero) is 1. The number of hydrogen-bond acceptors (Lipinski definition) is 3. The molecule has 0 amide bonds. The fraction of sp³-hybridized carbons (Fsp3) is 0.609. The van der Waals surface area contributed by atoms with Crippen molar-refractivity contribution in [2.24, 2.45) is 16.7 Å². The molecule has 0 heterocycles. The topological polar surface area (TPSA) is 35.5 Å². The Hall–Kier alpha value is -1.61. The SMILES string of the molecule is COc1ccc(CO[C@H]2C(=O)C(C)(C)CC/C=C3/CC[C@H]2C3(C)C)cc1. The van der Waals surface area contributed by atoms with Crippen molar-refractivity contribution in [1.82, 2.24) is 0 Å². The zero-order chi connectivity index (χ0) is 18.9. The highest BCUT2D eigenvalue weighted by Crippen LogP contribution is 2.51. The molecule has 142 valence electrons. The molecular formula is C23H32O3. The number of hydrogen-bond donors (Lipinski definition) is 0. The summed E-state index contributed by atoms with van der Waals surface area (Å²) in [4.78, 5) is 13.4. The number of allylic oxidation sites excluding steroid dienone is 2. The standard InChI is InChI=1S/C23H32O3/c1-22(2)14-6-7-17-10-13-19(23(17,3)4)20(21(22)24)26-15-16-8-11-18(25-5)12-9-16/h7-9,11-12,19-20H,6,10,13-15H2,1-5H3/b17-7-/t19-,20-/m1/s1. The highest BCUT2D eigenvalue weighted by atomic mass is 16.5. The smallest absolute Gasteiger partial charge is 0.167 e. The van der Waals surface area contributed by atoms with Crippen molar-refractivity contribution >= 4 is 5.78 Å². The summed E-state index contributed by atoms with van der Waals surface area (Å²) in [5, 5.41) is 0. The Bertz CT molecular complexity index is 682. The van der Waals surface area contributed by atoms with E-state index in [1.165, 1.54) is 5.57 Å². The molecule has 3 heteroatoms. The molecule has 0 N–H and O–H groups in total. The number of carbonyl (C=O) groups excluding carboxylic acids is 1. The Morgan fingerprint density at radius 2 is 1.81 bits per heavy atom. The van der Waals surface area contributed by atoms with Crippen LogP contribution in [0.15, 0.2) is 35.9 Å². The summed E-state index contributed by atoms with van der Waals surface area (Å²) in [6, 6.07) is 7.89. The van der Waals surface area contributed by atoms with Crippen molar-refractivity contribution < 1.29 is 14.3 Å². The number of ether oxygens (including phenoxy) is 2. The highest BCUT2D eigenvalue weighted by Gasteiger charge is 2.49. The molecule has 3 nitrogen and oxygen atoms in total. The van der Waals surface area contributed by atoms with Gasteiger partial charge in [-0.3, -0.25) is 4.79 Å². The maximum Gasteiger partial charge on any atom is 0.167 e. The van der Waals surface area contributed by atoms with Crippen LogP contribution in [0.25, 0.3) is 0 Å². The molecule has 3 rings (SSSR count). The number of ketones is 1. The van der Waals surface area contributed by atoms with Crippen LogP contribution in [0.4, 0.5) is 0 Å². The Kier molecular flexibility index (Phi) is 5.30. The van der Waals surface area contributed by atoms with E-state index in [0.717, 1.165) is 37.0 Å². The molecule has 0 aliphatic heterocycles. The molecule has 1 saturated carbocycles. The molecule has 0 aromatic heterocycles. The van der Waals surface area contributed by atoms with Crippen LogP contribution in [0.1, 0.15) is 58.9 Å². The monoisotopic (exact) mass is 356 g/mol. The number of methoxy groups -OCH3 is 1. The van der Waals surface area contributed by atoms with Gasteiger partial charge in [0.05, 0.1) is 13.7 Å². The van der Waals surface area contributed by atoms with Crippen LogP contribution in [-0.2, 0) is 16.1 Å². The quantitative estimate of drug-likeness (QED) is 0.684. The van der Waals surface area contributed by atoms with E-state index < -0.39 is 0 Å². The summed E-state index contributed by atoms with van der Waals surface area (Å²) in [7, 11) is 1.66. The fourth-order valence-corrected chi connectivity index (χ4v) is 4.52. The molecule has 0 radical (unpaired) electrons. The lowest BCUT2D eigenvalue weighted by Gasteiger charge is -2.36. The molecule has 0 unspecified atom stereocenters. The summed E-state index contributed by atoms with van der Waals surface area (Å²) < 4.78 is 11.5. The minimum atomic E-state index is -0.345. The van der Waals surface area contributed by atoms with E-state index >= 15 is 0 Å². The first-order valence-electron chi connectivity index (χ1n) is 9.74. The lowest BCUT2D eigenvalue weighted by Crippen LogP contribution is -2.44. The van der Waals surface area contributed by atoms with Crippen molar-refractivity contribution in [3.63, 3.8) is 0 Å². The van der Waals surface area contributed by atoms with Crippen LogP contribution in [0.5, 0.6) is 5.75 Å². The van der Waals surface area contributed by atoms with Gasteiger partial charge in [0, 0.05) is 11.3 Å². The van der Waals surface area contributed by atoms with E-state index in [0.29, 0.717) is 6.61 Å². The lowest BCUT2D eigenvalue weighted by atomic mass is 9.72. The number of rotatable bonds is 4. The van der Waals surface area contributed by atoms with Crippen LogP contribution in [-0.4, -0.2) is 19.0 Å². The maximum atomic E-state index is 13.4. The van der Waals surface area contributed by atoms with E-state index in [1.54, 1.807) is 7.11 Å². The molecule has 1 fully saturated rings. The molecule has 0 spiro atoms. The normalized spacial score (nSPS) is 29.3. The van der Waals surface area contributed by atoms with Gasteiger partial charge in [0.1, 0.15) is 11.9 Å². The van der Waals surface area contributed by atoms with Crippen molar-refractivity contribution in [1.29, 1.82) is 0 Å². The Labute approximate surface area is 157 Å². The van der Waals surface area contributed by atoms with Gasteiger partial charge in [0.2, 0.25) is 0 Å². The van der Waals surface area contributed by atoms with E-state index in [1.807, 2.05) is 24.3 Å². The van der Waals surface area contributed by atoms with E-state index in [9.17, 15) is 4.79 Å². The van der Waals surface area contributed by atoms with Gasteiger partial charge in [-0.1, -0.05) is 51.5 Å². The summed E-state index contributed by atoms with van der Waals surface area (Å²) in [5.74, 6) is 1.35. The molecule has 2 aliphatic rings. The van der Waals surface area contributed by atoms with Gasteiger partial charge in [-0.15, -0.1) is 0 Å². The molecular weight excluding hydrogens is 324 g/mol. The van der Waals surface area contributed by atoms with Crippen LogP contribution in [0, 0.1) is 16.7 Å². The number of carbonyl (C=O) groups is 1. The zero-order valence-corrected chi connectivity index (χ0v) is 16.8. The summed E-state index contributed by atoms with van der Waals surface area (Å²) in [5.41, 5.74) is 2.26. The average Bonchev–Trinajstić information content (AvgIpc) is 2.90. The van der Waals surface area contributed by atoms with E-state index in [4.69, 9.17) is 9.47 Å². The summed E-state index contributed by atoms with van der Waals surface area (Å²) >= 11 is 0. The van der Waals surface area contributed by atoms with Crippen LogP contribution in [0.3, 0.4) is 0 Å². The van der Waals surface area contributed by atoms with Gasteiger partial charge in [0.15, 0.2) is 5.78 Å². The molecule has 1 aromatic rings. The second kappa shape index (κ2) is 7.19. The first-order valence-corrected chi connectivity index (χ1v) is 9.74. The number of fused-ring (bicyclic) bond motifs is 2. The Morgan fingerprint density at radius 1 is 1.12 bits per heavy atom. The molecule has 2 aliphatic carbocycles. The van der Waals surface area contributed by atoms with Gasteiger partial charge >= 0.3 is 0 Å². The minimum absolute atomic E-state index is 0.0284. The van der Waals surface area contributed by atoms with Crippen LogP contribution >= 0.6 is 0 Å². The lowest BCUT2D eigenvalue weighted by molar-refractivity contribution is -0.146. The van der Waals surface area contributed by atoms with Crippen LogP contribution in [0.2, 0.25) is 0 Å². The van der Waals surface area contributed by atoms with Crippen molar-refractivity contribution in [3.8, 4) is 5.75 Å². The van der Waals surface area contributed by atoms with Gasteiger partial charge in [0.25, 0.3) is 0 Å². The van der Waals surface area contributed by atoms with Crippen molar-refractivity contribution in [2.75, 3.05) is 7.11 Å². The van der Waals surface area contributed by atoms with Gasteiger partial charge in [-0.05, 0) is 48.8 Å². The third-order valence-corrected chi connectivity index (χ3v) is 6.52. The summed E-state index contributed by atoms with van der Waals surface area (Å²) in [6.07, 6.45) is 6.05. The summed E-state index contributed by atoms with van der Waals surface area (Å²) in [6.45, 7) is 9.17. The van der Waals surface area contributed by atoms with Crippen molar-refractivity contribution in [2.45, 2.75) is 66.1 Å². The van der Waals surface area contributed by atoms with Gasteiger partial charge in [-0.25, -0.2) is 0 Å². The Balaban J connectivity index is 1.85. The van der Waals surface area contributed by atoms with Gasteiger partial charge in [-0.2, -0.15) is 0 Å².